The minimum absolute atomic E-state index is 0.0570. The lowest BCUT2D eigenvalue weighted by Crippen LogP contribution is -2.50. The molecule has 1 saturated carbocycles. The topological polar surface area (TPSA) is 96.6 Å². The Bertz CT molecular complexity index is 1610. The van der Waals surface area contributed by atoms with E-state index in [1.807, 2.05) is 36.4 Å². The van der Waals surface area contributed by atoms with Crippen LogP contribution in [-0.2, 0) is 19.3 Å². The Morgan fingerprint density at radius 3 is 2.64 bits per heavy atom. The summed E-state index contributed by atoms with van der Waals surface area (Å²) in [6, 6.07) is 19.7. The summed E-state index contributed by atoms with van der Waals surface area (Å²) in [5.41, 5.74) is 4.84. The van der Waals surface area contributed by atoms with E-state index in [9.17, 15) is 9.90 Å². The number of oxazole rings is 1. The number of unbranched alkanes of at least 4 members (excludes halogenated alkanes) is 1. The van der Waals surface area contributed by atoms with Gasteiger partial charge in [0.25, 0.3) is 5.91 Å². The van der Waals surface area contributed by atoms with Crippen molar-refractivity contribution in [3.8, 4) is 5.75 Å². The minimum Gasteiger partial charge on any atom is -0.487 e. The molecule has 0 radical (unpaired) electrons. The Morgan fingerprint density at radius 2 is 1.89 bits per heavy atom. The zero-order chi connectivity index (χ0) is 31.4. The molecule has 6 rings (SSSR count). The summed E-state index contributed by atoms with van der Waals surface area (Å²) >= 11 is 3.55. The molecule has 0 unspecified atom stereocenters. The number of aliphatic hydroxyl groups is 1. The van der Waals surface area contributed by atoms with Gasteiger partial charge in [0.2, 0.25) is 0 Å². The van der Waals surface area contributed by atoms with E-state index in [0.717, 1.165) is 66.3 Å². The summed E-state index contributed by atoms with van der Waals surface area (Å²) in [7, 11) is 0. The number of nitrogens with one attached hydrogen (secondary N) is 2. The van der Waals surface area contributed by atoms with Gasteiger partial charge < -0.3 is 24.9 Å². The highest BCUT2D eigenvalue weighted by Gasteiger charge is 2.43. The van der Waals surface area contributed by atoms with Crippen LogP contribution in [-0.4, -0.2) is 40.3 Å². The molecule has 3 aromatic carbocycles. The third kappa shape index (κ3) is 7.29. The van der Waals surface area contributed by atoms with Gasteiger partial charge in [0.1, 0.15) is 16.9 Å². The molecule has 1 fully saturated rings. The van der Waals surface area contributed by atoms with Crippen LogP contribution in [0.1, 0.15) is 97.8 Å². The molecule has 8 heteroatoms. The first kappa shape index (κ1) is 31.8. The third-order valence-corrected chi connectivity index (χ3v) is 9.87. The van der Waals surface area contributed by atoms with Crippen LogP contribution in [0.3, 0.4) is 0 Å². The Labute approximate surface area is 274 Å². The molecular weight excluding hydrogens is 630 g/mol. The molecule has 3 N–H and O–H groups in total. The van der Waals surface area contributed by atoms with Crippen molar-refractivity contribution in [3.63, 3.8) is 0 Å². The smallest absolute Gasteiger partial charge is 0.255 e. The van der Waals surface area contributed by atoms with E-state index in [1.165, 1.54) is 18.4 Å². The zero-order valence-corrected chi connectivity index (χ0v) is 27.9. The number of amides is 1. The van der Waals surface area contributed by atoms with Gasteiger partial charge in [0.15, 0.2) is 11.5 Å². The highest BCUT2D eigenvalue weighted by Crippen LogP contribution is 2.47. The van der Waals surface area contributed by atoms with Crippen LogP contribution >= 0.6 is 15.9 Å². The number of ether oxygens (including phenoxy) is 1. The summed E-state index contributed by atoms with van der Waals surface area (Å²) in [4.78, 5) is 18.5. The van der Waals surface area contributed by atoms with Gasteiger partial charge in [-0.3, -0.25) is 4.79 Å². The van der Waals surface area contributed by atoms with E-state index >= 15 is 0 Å². The quantitative estimate of drug-likeness (QED) is 0.143. The number of fused-ring (bicyclic) bond motifs is 2. The molecule has 1 aliphatic heterocycles. The molecule has 2 aliphatic rings. The number of rotatable bonds is 12. The van der Waals surface area contributed by atoms with Gasteiger partial charge in [0, 0.05) is 35.5 Å². The van der Waals surface area contributed by atoms with Crippen molar-refractivity contribution in [1.29, 1.82) is 0 Å². The third-order valence-electron chi connectivity index (χ3n) is 9.42. The molecule has 45 heavy (non-hydrogen) atoms. The first-order valence-corrected chi connectivity index (χ1v) is 17.3. The number of aliphatic hydroxyl groups excluding tert-OH is 1. The summed E-state index contributed by atoms with van der Waals surface area (Å²) in [6.45, 7) is 4.61. The number of carbonyl (C=O) groups excluding carboxylic acids is 1. The van der Waals surface area contributed by atoms with Crippen LogP contribution in [0.2, 0.25) is 0 Å². The van der Waals surface area contributed by atoms with E-state index in [-0.39, 0.29) is 17.6 Å². The molecule has 1 spiro atoms. The molecule has 4 aromatic rings. The lowest BCUT2D eigenvalue weighted by Gasteiger charge is -2.41. The lowest BCUT2D eigenvalue weighted by atomic mass is 9.85. The van der Waals surface area contributed by atoms with Crippen molar-refractivity contribution in [1.82, 2.24) is 15.6 Å². The summed E-state index contributed by atoms with van der Waals surface area (Å²) in [5.74, 6) is 1.28. The average Bonchev–Trinajstić information content (AvgIpc) is 3.68. The average molecular weight is 675 g/mol. The summed E-state index contributed by atoms with van der Waals surface area (Å²) < 4.78 is 13.5. The number of benzene rings is 3. The van der Waals surface area contributed by atoms with Gasteiger partial charge in [-0.15, -0.1) is 0 Å². The monoisotopic (exact) mass is 673 g/mol. The summed E-state index contributed by atoms with van der Waals surface area (Å²) in [6.07, 6.45) is 8.65. The Kier molecular flexibility index (Phi) is 9.93. The maximum atomic E-state index is 13.9. The van der Waals surface area contributed by atoms with E-state index in [4.69, 9.17) is 9.15 Å². The van der Waals surface area contributed by atoms with Gasteiger partial charge in [-0.05, 0) is 74.3 Å². The van der Waals surface area contributed by atoms with Crippen molar-refractivity contribution >= 4 is 32.9 Å². The maximum Gasteiger partial charge on any atom is 0.255 e. The second-order valence-corrected chi connectivity index (χ2v) is 13.6. The molecule has 0 bridgehead atoms. The number of nitrogens with zero attached hydrogens (tertiary/aromatic N) is 1. The fourth-order valence-electron chi connectivity index (χ4n) is 6.90. The van der Waals surface area contributed by atoms with Crippen LogP contribution in [0.4, 0.5) is 0 Å². The number of hydrogen-bond acceptors (Lipinski definition) is 6. The van der Waals surface area contributed by atoms with Gasteiger partial charge in [-0.2, -0.15) is 0 Å². The molecule has 3 atom stereocenters. The number of aromatic nitrogens is 1. The van der Waals surface area contributed by atoms with E-state index in [2.05, 4.69) is 63.6 Å². The molecule has 0 saturated heterocycles. The van der Waals surface area contributed by atoms with E-state index in [0.29, 0.717) is 35.5 Å². The number of hydrogen-bond donors (Lipinski definition) is 3. The van der Waals surface area contributed by atoms with E-state index in [1.54, 1.807) is 6.07 Å². The lowest BCUT2D eigenvalue weighted by molar-refractivity contribution is 0.0326. The maximum absolute atomic E-state index is 13.9. The number of aryl methyl sites for hydroxylation is 2. The van der Waals surface area contributed by atoms with Gasteiger partial charge in [0.05, 0.1) is 17.7 Å². The Morgan fingerprint density at radius 1 is 1.09 bits per heavy atom. The molecule has 1 aliphatic carbocycles. The Hall–Kier alpha value is -3.20. The van der Waals surface area contributed by atoms with Crippen molar-refractivity contribution in [2.24, 2.45) is 0 Å². The van der Waals surface area contributed by atoms with Crippen molar-refractivity contribution < 1.29 is 19.1 Å². The number of halogens is 1. The highest BCUT2D eigenvalue weighted by atomic mass is 79.9. The molecule has 1 amide bonds. The standard InChI is InChI=1S/C37H44BrN3O4/c1-3-5-13-34-40-30-21-26(38)20-28(35(30)44-34)36(43)41-29(19-25-11-7-6-8-12-25)32(42)23-39-31-22-37(16-9-10-17-37)45-33-15-14-24(4-2)18-27(31)33/h6-8,11-12,14-15,18,20-21,29,31-32,39,42H,3-5,9-10,13,16-17,19,22-23H2,1-2H3,(H,41,43)/t29-,31-,32+/m0/s1. The SMILES string of the molecule is CCCCc1nc2cc(Br)cc(C(=O)N[C@@H](Cc3ccccc3)[C@H](O)CN[C@H]3CC4(CCCC4)Oc4ccc(CC)cc43)c2o1. The summed E-state index contributed by atoms with van der Waals surface area (Å²) in [5, 5.41) is 18.6. The Balaban J connectivity index is 1.23. The molecule has 238 valence electrons. The zero-order valence-electron chi connectivity index (χ0n) is 26.3. The molecular formula is C37H44BrN3O4. The van der Waals surface area contributed by atoms with Crippen LogP contribution < -0.4 is 15.4 Å². The minimum atomic E-state index is -0.841. The van der Waals surface area contributed by atoms with Gasteiger partial charge in [-0.25, -0.2) is 4.98 Å². The largest absolute Gasteiger partial charge is 0.487 e. The predicted molar refractivity (Wildman–Crippen MR) is 181 cm³/mol. The van der Waals surface area contributed by atoms with Crippen LogP contribution in [0.25, 0.3) is 11.1 Å². The predicted octanol–water partition coefficient (Wildman–Crippen LogP) is 7.62. The van der Waals surface area contributed by atoms with E-state index < -0.39 is 12.1 Å². The van der Waals surface area contributed by atoms with Crippen molar-refractivity contribution in [2.45, 2.75) is 102 Å². The molecule has 7 nitrogen and oxygen atoms in total. The van der Waals surface area contributed by atoms with Crippen molar-refractivity contribution in [2.75, 3.05) is 6.54 Å². The normalized spacial score (nSPS) is 18.4. The highest BCUT2D eigenvalue weighted by molar-refractivity contribution is 9.10. The number of carbonyl (C=O) groups is 1. The first-order valence-electron chi connectivity index (χ1n) is 16.5. The fourth-order valence-corrected chi connectivity index (χ4v) is 7.34. The first-order chi connectivity index (χ1) is 21.9. The second kappa shape index (κ2) is 14.1. The van der Waals surface area contributed by atoms with Crippen LogP contribution in [0, 0.1) is 0 Å². The van der Waals surface area contributed by atoms with Gasteiger partial charge >= 0.3 is 0 Å². The van der Waals surface area contributed by atoms with Crippen molar-refractivity contribution in [3.05, 3.63) is 93.3 Å². The van der Waals surface area contributed by atoms with Gasteiger partial charge in [-0.1, -0.05) is 78.7 Å². The molecule has 1 aromatic heterocycles. The molecule has 2 heterocycles. The van der Waals surface area contributed by atoms with Crippen LogP contribution in [0.15, 0.2) is 69.6 Å². The van der Waals surface area contributed by atoms with Crippen LogP contribution in [0.5, 0.6) is 5.75 Å². The fraction of sp³-hybridized carbons (Fsp3) is 0.459. The second-order valence-electron chi connectivity index (χ2n) is 12.7.